The summed E-state index contributed by atoms with van der Waals surface area (Å²) in [5.41, 5.74) is 0.994. The number of halogens is 1. The molecule has 16 heavy (non-hydrogen) atoms. The number of nitrogens with one attached hydrogen (secondary N) is 1. The van der Waals surface area contributed by atoms with Gasteiger partial charge in [-0.25, -0.2) is 4.39 Å². The van der Waals surface area contributed by atoms with Crippen LogP contribution in [0.15, 0.2) is 18.5 Å². The monoisotopic (exact) mass is 222 g/mol. The first kappa shape index (κ1) is 11.5. The van der Waals surface area contributed by atoms with Gasteiger partial charge in [-0.15, -0.1) is 0 Å². The molecule has 1 aromatic heterocycles. The predicted octanol–water partition coefficient (Wildman–Crippen LogP) is 3.06. The maximum Gasteiger partial charge on any atom is 0.141 e. The summed E-state index contributed by atoms with van der Waals surface area (Å²) in [4.78, 5) is 3.94. The number of hydrogen-bond acceptors (Lipinski definition) is 2. The fourth-order valence-corrected chi connectivity index (χ4v) is 2.67. The molecular weight excluding hydrogens is 203 g/mol. The van der Waals surface area contributed by atoms with Crippen molar-refractivity contribution in [3.8, 4) is 0 Å². The molecule has 1 atom stereocenters. The van der Waals surface area contributed by atoms with Crippen molar-refractivity contribution < 1.29 is 4.39 Å². The molecule has 1 aliphatic carbocycles. The normalized spacial score (nSPS) is 18.9. The van der Waals surface area contributed by atoms with Crippen LogP contribution >= 0.6 is 0 Å². The second kappa shape index (κ2) is 5.39. The Labute approximate surface area is 96.3 Å². The molecule has 0 bridgehead atoms. The third kappa shape index (κ3) is 2.59. The quantitative estimate of drug-likeness (QED) is 0.847. The van der Waals surface area contributed by atoms with Gasteiger partial charge in [-0.2, -0.15) is 0 Å². The minimum Gasteiger partial charge on any atom is -0.310 e. The van der Waals surface area contributed by atoms with Crippen molar-refractivity contribution in [2.75, 3.05) is 6.54 Å². The van der Waals surface area contributed by atoms with Gasteiger partial charge in [0.25, 0.3) is 0 Å². The van der Waals surface area contributed by atoms with Gasteiger partial charge in [0.15, 0.2) is 0 Å². The standard InChI is InChI=1S/C13H19FN2/c1-2-16-13(10-5-3-4-6-10)11-7-12(14)9-15-8-11/h7-10,13,16H,2-6H2,1H3. The second-order valence-electron chi connectivity index (χ2n) is 4.52. The Bertz CT molecular complexity index is 334. The average molecular weight is 222 g/mol. The Balaban J connectivity index is 2.17. The second-order valence-corrected chi connectivity index (χ2v) is 4.52. The van der Waals surface area contributed by atoms with Crippen LogP contribution in [0.25, 0.3) is 0 Å². The zero-order chi connectivity index (χ0) is 11.4. The highest BCUT2D eigenvalue weighted by atomic mass is 19.1. The van der Waals surface area contributed by atoms with Crippen LogP contribution in [0.5, 0.6) is 0 Å². The van der Waals surface area contributed by atoms with Crippen LogP contribution in [0.3, 0.4) is 0 Å². The van der Waals surface area contributed by atoms with Crippen molar-refractivity contribution in [1.82, 2.24) is 10.3 Å². The highest BCUT2D eigenvalue weighted by Crippen LogP contribution is 2.35. The van der Waals surface area contributed by atoms with E-state index < -0.39 is 0 Å². The molecule has 2 rings (SSSR count). The molecule has 1 aromatic rings. The summed E-state index contributed by atoms with van der Waals surface area (Å²) >= 11 is 0. The molecule has 1 N–H and O–H groups in total. The van der Waals surface area contributed by atoms with E-state index in [0.717, 1.165) is 12.1 Å². The molecule has 3 heteroatoms. The lowest BCUT2D eigenvalue weighted by Crippen LogP contribution is -2.27. The lowest BCUT2D eigenvalue weighted by molar-refractivity contribution is 0.372. The van der Waals surface area contributed by atoms with Gasteiger partial charge in [-0.1, -0.05) is 19.8 Å². The van der Waals surface area contributed by atoms with E-state index in [9.17, 15) is 4.39 Å². The Hall–Kier alpha value is -0.960. The maximum absolute atomic E-state index is 13.2. The number of rotatable bonds is 4. The molecule has 88 valence electrons. The van der Waals surface area contributed by atoms with Crippen molar-refractivity contribution in [3.63, 3.8) is 0 Å². The van der Waals surface area contributed by atoms with Gasteiger partial charge in [-0.05, 0) is 36.9 Å². The van der Waals surface area contributed by atoms with Crippen LogP contribution in [0.4, 0.5) is 4.39 Å². The fourth-order valence-electron chi connectivity index (χ4n) is 2.67. The molecule has 1 aliphatic rings. The number of aromatic nitrogens is 1. The first-order valence-corrected chi connectivity index (χ1v) is 6.15. The van der Waals surface area contributed by atoms with Crippen LogP contribution in [-0.4, -0.2) is 11.5 Å². The molecule has 0 aromatic carbocycles. The molecule has 1 unspecified atom stereocenters. The van der Waals surface area contributed by atoms with Gasteiger partial charge >= 0.3 is 0 Å². The average Bonchev–Trinajstić information content (AvgIpc) is 2.79. The molecule has 0 saturated heterocycles. The van der Waals surface area contributed by atoms with Gasteiger partial charge in [0.1, 0.15) is 5.82 Å². The molecule has 1 heterocycles. The largest absolute Gasteiger partial charge is 0.310 e. The minimum absolute atomic E-state index is 0.238. The van der Waals surface area contributed by atoms with Crippen LogP contribution in [0, 0.1) is 11.7 Å². The fraction of sp³-hybridized carbons (Fsp3) is 0.615. The Kier molecular flexibility index (Phi) is 3.88. The summed E-state index contributed by atoms with van der Waals surface area (Å²) in [5, 5.41) is 3.46. The Morgan fingerprint density at radius 2 is 2.19 bits per heavy atom. The third-order valence-electron chi connectivity index (χ3n) is 3.38. The Morgan fingerprint density at radius 1 is 1.44 bits per heavy atom. The van der Waals surface area contributed by atoms with E-state index in [1.165, 1.54) is 31.9 Å². The third-order valence-corrected chi connectivity index (χ3v) is 3.38. The highest BCUT2D eigenvalue weighted by molar-refractivity contribution is 5.16. The number of nitrogens with zero attached hydrogens (tertiary/aromatic N) is 1. The van der Waals surface area contributed by atoms with Crippen LogP contribution < -0.4 is 5.32 Å². The molecule has 2 nitrogen and oxygen atoms in total. The smallest absolute Gasteiger partial charge is 0.141 e. The van der Waals surface area contributed by atoms with Crippen LogP contribution in [0.2, 0.25) is 0 Å². The zero-order valence-corrected chi connectivity index (χ0v) is 9.75. The molecule has 1 fully saturated rings. The first-order valence-electron chi connectivity index (χ1n) is 6.15. The van der Waals surface area contributed by atoms with Gasteiger partial charge in [-0.3, -0.25) is 4.98 Å². The molecule has 1 saturated carbocycles. The van der Waals surface area contributed by atoms with Crippen molar-refractivity contribution in [2.45, 2.75) is 38.6 Å². The van der Waals surface area contributed by atoms with Crippen molar-refractivity contribution in [2.24, 2.45) is 5.92 Å². The van der Waals surface area contributed by atoms with Crippen LogP contribution in [-0.2, 0) is 0 Å². The van der Waals surface area contributed by atoms with E-state index in [0.29, 0.717) is 5.92 Å². The zero-order valence-electron chi connectivity index (χ0n) is 9.75. The predicted molar refractivity (Wildman–Crippen MR) is 62.6 cm³/mol. The highest BCUT2D eigenvalue weighted by Gasteiger charge is 2.25. The molecule has 0 amide bonds. The van der Waals surface area contributed by atoms with E-state index in [2.05, 4.69) is 17.2 Å². The lowest BCUT2D eigenvalue weighted by atomic mass is 9.92. The van der Waals surface area contributed by atoms with E-state index in [1.54, 1.807) is 12.3 Å². The van der Waals surface area contributed by atoms with E-state index in [4.69, 9.17) is 0 Å². The van der Waals surface area contributed by atoms with Crippen LogP contribution in [0.1, 0.15) is 44.2 Å². The summed E-state index contributed by atoms with van der Waals surface area (Å²) in [6, 6.07) is 1.88. The summed E-state index contributed by atoms with van der Waals surface area (Å²) < 4.78 is 13.2. The topological polar surface area (TPSA) is 24.9 Å². The number of hydrogen-bond donors (Lipinski definition) is 1. The van der Waals surface area contributed by atoms with Crippen molar-refractivity contribution in [3.05, 3.63) is 29.8 Å². The van der Waals surface area contributed by atoms with E-state index >= 15 is 0 Å². The summed E-state index contributed by atoms with van der Waals surface area (Å²) in [5.74, 6) is 0.405. The summed E-state index contributed by atoms with van der Waals surface area (Å²) in [6.07, 6.45) is 8.14. The van der Waals surface area contributed by atoms with Gasteiger partial charge < -0.3 is 5.32 Å². The SMILES string of the molecule is CCNC(c1cncc(F)c1)C1CCCC1. The van der Waals surface area contributed by atoms with Gasteiger partial charge in [0.05, 0.1) is 6.20 Å². The minimum atomic E-state index is -0.238. The lowest BCUT2D eigenvalue weighted by Gasteiger charge is -2.24. The van der Waals surface area contributed by atoms with Gasteiger partial charge in [0.2, 0.25) is 0 Å². The summed E-state index contributed by atoms with van der Waals surface area (Å²) in [6.45, 7) is 3.01. The number of pyridine rings is 1. The molecular formula is C13H19FN2. The van der Waals surface area contributed by atoms with Crippen molar-refractivity contribution >= 4 is 0 Å². The molecule has 0 radical (unpaired) electrons. The molecule has 0 aliphatic heterocycles. The maximum atomic E-state index is 13.2. The van der Waals surface area contributed by atoms with Gasteiger partial charge in [0, 0.05) is 12.2 Å². The van der Waals surface area contributed by atoms with E-state index in [1.807, 2.05) is 0 Å². The Morgan fingerprint density at radius 3 is 2.81 bits per heavy atom. The van der Waals surface area contributed by atoms with E-state index in [-0.39, 0.29) is 11.9 Å². The summed E-state index contributed by atoms with van der Waals surface area (Å²) in [7, 11) is 0. The van der Waals surface area contributed by atoms with Crippen molar-refractivity contribution in [1.29, 1.82) is 0 Å². The first-order chi connectivity index (χ1) is 7.81. The molecule has 0 spiro atoms.